The van der Waals surface area contributed by atoms with Crippen LogP contribution in [-0.2, 0) is 6.54 Å². The van der Waals surface area contributed by atoms with Crippen LogP contribution < -0.4 is 0 Å². The van der Waals surface area contributed by atoms with Gasteiger partial charge < -0.3 is 4.90 Å². The van der Waals surface area contributed by atoms with Crippen LogP contribution >= 0.6 is 11.6 Å². The summed E-state index contributed by atoms with van der Waals surface area (Å²) in [4.78, 5) is 5.23. The molecule has 1 fully saturated rings. The first-order chi connectivity index (χ1) is 14.3. The van der Waals surface area contributed by atoms with E-state index in [1.54, 1.807) is 6.20 Å². The van der Waals surface area contributed by atoms with Crippen LogP contribution in [0.15, 0.2) is 73.1 Å². The molecule has 0 radical (unpaired) electrons. The summed E-state index contributed by atoms with van der Waals surface area (Å²) >= 11 is 5.93. The third-order valence-corrected chi connectivity index (χ3v) is 5.91. The van der Waals surface area contributed by atoms with E-state index >= 15 is 0 Å². The van der Waals surface area contributed by atoms with Crippen molar-refractivity contribution in [3.8, 4) is 0 Å². The Morgan fingerprint density at radius 1 is 0.793 bits per heavy atom. The largest absolute Gasteiger partial charge is 0.301 e. The van der Waals surface area contributed by atoms with Crippen molar-refractivity contribution >= 4 is 11.6 Å². The van der Waals surface area contributed by atoms with E-state index in [0.717, 1.165) is 45.7 Å². The number of rotatable bonds is 8. The predicted octanol–water partition coefficient (Wildman–Crippen LogP) is 4.72. The van der Waals surface area contributed by atoms with Crippen LogP contribution in [0.2, 0.25) is 5.02 Å². The van der Waals surface area contributed by atoms with Gasteiger partial charge in [0.15, 0.2) is 0 Å². The minimum atomic E-state index is 0.337. The summed E-state index contributed by atoms with van der Waals surface area (Å²) < 4.78 is 1.94. The van der Waals surface area contributed by atoms with Gasteiger partial charge in [0.1, 0.15) is 0 Å². The zero-order valence-corrected chi connectivity index (χ0v) is 17.6. The molecule has 0 unspecified atom stereocenters. The highest BCUT2D eigenvalue weighted by Gasteiger charge is 2.25. The van der Waals surface area contributed by atoms with Crippen LogP contribution in [0, 0.1) is 0 Å². The standard InChI is InChI=1S/C24H29ClN4/c25-23-19-26-29(20-23)14-8-7-13-27-15-17-28(18-16-27)24(21-9-3-1-4-10-21)22-11-5-2-6-12-22/h1-6,9-12,19-20,24H,7-8,13-18H2. The lowest BCUT2D eigenvalue weighted by atomic mass is 9.96. The van der Waals surface area contributed by atoms with E-state index < -0.39 is 0 Å². The Kier molecular flexibility index (Phi) is 6.99. The summed E-state index contributed by atoms with van der Waals surface area (Å²) in [5.74, 6) is 0. The van der Waals surface area contributed by atoms with Gasteiger partial charge >= 0.3 is 0 Å². The highest BCUT2D eigenvalue weighted by Crippen LogP contribution is 2.29. The molecule has 29 heavy (non-hydrogen) atoms. The van der Waals surface area contributed by atoms with Gasteiger partial charge in [-0.25, -0.2) is 0 Å². The molecule has 0 spiro atoms. The number of benzene rings is 2. The van der Waals surface area contributed by atoms with Crippen molar-refractivity contribution in [1.29, 1.82) is 0 Å². The van der Waals surface area contributed by atoms with Crippen LogP contribution in [0.5, 0.6) is 0 Å². The fourth-order valence-electron chi connectivity index (χ4n) is 4.20. The Morgan fingerprint density at radius 3 is 1.93 bits per heavy atom. The van der Waals surface area contributed by atoms with Crippen molar-refractivity contribution in [2.24, 2.45) is 0 Å². The van der Waals surface area contributed by atoms with Crippen LogP contribution in [0.4, 0.5) is 0 Å². The van der Waals surface area contributed by atoms with Crippen LogP contribution in [0.3, 0.4) is 0 Å². The molecule has 2 heterocycles. The van der Waals surface area contributed by atoms with Gasteiger partial charge in [0.05, 0.1) is 17.3 Å². The molecular weight excluding hydrogens is 380 g/mol. The molecule has 152 valence electrons. The molecule has 0 N–H and O–H groups in total. The van der Waals surface area contributed by atoms with E-state index in [2.05, 4.69) is 75.6 Å². The maximum absolute atomic E-state index is 5.93. The summed E-state index contributed by atoms with van der Waals surface area (Å²) in [5, 5.41) is 4.97. The minimum absolute atomic E-state index is 0.337. The number of unbranched alkanes of at least 4 members (excludes halogenated alkanes) is 1. The van der Waals surface area contributed by atoms with Gasteiger partial charge in [-0.2, -0.15) is 5.10 Å². The highest BCUT2D eigenvalue weighted by molar-refractivity contribution is 6.30. The molecule has 0 bridgehead atoms. The van der Waals surface area contributed by atoms with Crippen LogP contribution in [-0.4, -0.2) is 52.3 Å². The van der Waals surface area contributed by atoms with Gasteiger partial charge in [-0.1, -0.05) is 72.3 Å². The fourth-order valence-corrected chi connectivity index (χ4v) is 4.36. The third-order valence-electron chi connectivity index (χ3n) is 5.72. The zero-order chi connectivity index (χ0) is 19.9. The number of aromatic nitrogens is 2. The fraction of sp³-hybridized carbons (Fsp3) is 0.375. The molecule has 1 saturated heterocycles. The van der Waals surface area contributed by atoms with Crippen molar-refractivity contribution in [1.82, 2.24) is 19.6 Å². The second kappa shape index (κ2) is 10.1. The maximum atomic E-state index is 5.93. The number of piperazine rings is 1. The number of hydrogen-bond acceptors (Lipinski definition) is 3. The Morgan fingerprint density at radius 2 is 1.38 bits per heavy atom. The van der Waals surface area contributed by atoms with Gasteiger partial charge in [0.25, 0.3) is 0 Å². The molecule has 4 nitrogen and oxygen atoms in total. The van der Waals surface area contributed by atoms with E-state index in [1.165, 1.54) is 17.5 Å². The van der Waals surface area contributed by atoms with Gasteiger partial charge in [-0.05, 0) is 30.5 Å². The SMILES string of the molecule is Clc1cnn(CCCCN2CCN(C(c3ccccc3)c3ccccc3)CC2)c1. The van der Waals surface area contributed by atoms with E-state index in [-0.39, 0.29) is 0 Å². The average molecular weight is 409 g/mol. The highest BCUT2D eigenvalue weighted by atomic mass is 35.5. The van der Waals surface area contributed by atoms with Crippen molar-refractivity contribution in [3.05, 3.63) is 89.2 Å². The third kappa shape index (κ3) is 5.47. The van der Waals surface area contributed by atoms with E-state index in [4.69, 9.17) is 11.6 Å². The molecular formula is C24H29ClN4. The molecule has 0 atom stereocenters. The maximum Gasteiger partial charge on any atom is 0.0785 e. The Balaban J connectivity index is 1.30. The second-order valence-corrected chi connectivity index (χ2v) is 8.17. The first-order valence-electron chi connectivity index (χ1n) is 10.5. The number of halogens is 1. The molecule has 0 amide bonds. The van der Waals surface area contributed by atoms with Gasteiger partial charge in [-0.3, -0.25) is 9.58 Å². The lowest BCUT2D eigenvalue weighted by Crippen LogP contribution is -2.48. The number of hydrogen-bond donors (Lipinski definition) is 0. The Hall–Kier alpha value is -2.14. The molecule has 2 aromatic carbocycles. The smallest absolute Gasteiger partial charge is 0.0785 e. The average Bonchev–Trinajstić information content (AvgIpc) is 3.19. The Bertz CT molecular complexity index is 817. The zero-order valence-electron chi connectivity index (χ0n) is 16.8. The lowest BCUT2D eigenvalue weighted by Gasteiger charge is -2.39. The number of nitrogens with zero attached hydrogens (tertiary/aromatic N) is 4. The van der Waals surface area contributed by atoms with Crippen molar-refractivity contribution < 1.29 is 0 Å². The molecule has 0 saturated carbocycles. The van der Waals surface area contributed by atoms with Crippen molar-refractivity contribution in [2.45, 2.75) is 25.4 Å². The lowest BCUT2D eigenvalue weighted by molar-refractivity contribution is 0.108. The Labute approximate surface area is 178 Å². The molecule has 3 aromatic rings. The van der Waals surface area contributed by atoms with Gasteiger partial charge in [-0.15, -0.1) is 0 Å². The first kappa shape index (κ1) is 20.1. The van der Waals surface area contributed by atoms with Crippen molar-refractivity contribution in [2.75, 3.05) is 32.7 Å². The molecule has 5 heteroatoms. The molecule has 4 rings (SSSR count). The van der Waals surface area contributed by atoms with Gasteiger partial charge in [0, 0.05) is 38.9 Å². The topological polar surface area (TPSA) is 24.3 Å². The summed E-state index contributed by atoms with van der Waals surface area (Å²) in [6.07, 6.45) is 5.93. The summed E-state index contributed by atoms with van der Waals surface area (Å²) in [5.41, 5.74) is 2.76. The minimum Gasteiger partial charge on any atom is -0.301 e. The summed E-state index contributed by atoms with van der Waals surface area (Å²) in [6.45, 7) is 6.56. The van der Waals surface area contributed by atoms with E-state index in [9.17, 15) is 0 Å². The van der Waals surface area contributed by atoms with Crippen molar-refractivity contribution in [3.63, 3.8) is 0 Å². The molecule has 1 aliphatic heterocycles. The van der Waals surface area contributed by atoms with E-state index in [1.807, 2.05) is 10.9 Å². The molecule has 1 aliphatic rings. The van der Waals surface area contributed by atoms with Crippen LogP contribution in [0.1, 0.15) is 30.0 Å². The normalized spacial score (nSPS) is 15.8. The first-order valence-corrected chi connectivity index (χ1v) is 10.9. The molecule has 1 aromatic heterocycles. The van der Waals surface area contributed by atoms with Gasteiger partial charge in [0.2, 0.25) is 0 Å². The predicted molar refractivity (Wildman–Crippen MR) is 119 cm³/mol. The number of aryl methyl sites for hydroxylation is 1. The summed E-state index contributed by atoms with van der Waals surface area (Å²) in [6, 6.07) is 22.1. The molecule has 0 aliphatic carbocycles. The second-order valence-electron chi connectivity index (χ2n) is 7.73. The monoisotopic (exact) mass is 408 g/mol. The summed E-state index contributed by atoms with van der Waals surface area (Å²) in [7, 11) is 0. The van der Waals surface area contributed by atoms with E-state index in [0.29, 0.717) is 11.1 Å². The quantitative estimate of drug-likeness (QED) is 0.504. The van der Waals surface area contributed by atoms with Crippen LogP contribution in [0.25, 0.3) is 0 Å².